The van der Waals surface area contributed by atoms with Gasteiger partial charge in [0.15, 0.2) is 0 Å². The molecule has 0 spiro atoms. The lowest BCUT2D eigenvalue weighted by Crippen LogP contribution is -2.33. The third kappa shape index (κ3) is 3.64. The first-order chi connectivity index (χ1) is 7.63. The highest BCUT2D eigenvalue weighted by atomic mass is 16.5. The fourth-order valence-corrected chi connectivity index (χ4v) is 1.13. The molecule has 1 aromatic rings. The Labute approximate surface area is 93.6 Å². The van der Waals surface area contributed by atoms with E-state index in [1.165, 1.54) is 11.1 Å². The molecule has 0 saturated heterocycles. The van der Waals surface area contributed by atoms with Crippen molar-refractivity contribution in [3.05, 3.63) is 18.3 Å². The van der Waals surface area contributed by atoms with Crippen molar-refractivity contribution in [1.29, 1.82) is 0 Å². The van der Waals surface area contributed by atoms with Crippen LogP contribution in [-0.4, -0.2) is 40.8 Å². The zero-order valence-corrected chi connectivity index (χ0v) is 9.09. The number of aromatic nitrogens is 1. The number of ether oxygens (including phenoxy) is 1. The molecule has 0 aliphatic carbocycles. The number of nitrogens with zero attached hydrogens (tertiary/aromatic N) is 2. The van der Waals surface area contributed by atoms with Crippen LogP contribution >= 0.6 is 0 Å². The van der Waals surface area contributed by atoms with Crippen LogP contribution in [0.2, 0.25) is 0 Å². The summed E-state index contributed by atoms with van der Waals surface area (Å²) in [5.41, 5.74) is 6.02. The lowest BCUT2D eigenvalue weighted by atomic mass is 10.4. The van der Waals surface area contributed by atoms with Crippen LogP contribution in [0.1, 0.15) is 6.92 Å². The van der Waals surface area contributed by atoms with Crippen molar-refractivity contribution in [1.82, 2.24) is 9.88 Å². The summed E-state index contributed by atoms with van der Waals surface area (Å²) in [6.45, 7) is 2.80. The number of carboxylic acid groups (broad SMARTS) is 1. The van der Waals surface area contributed by atoms with E-state index in [1.54, 1.807) is 19.1 Å². The van der Waals surface area contributed by atoms with Crippen LogP contribution in [0.4, 0.5) is 10.5 Å². The van der Waals surface area contributed by atoms with Gasteiger partial charge in [-0.25, -0.2) is 9.78 Å². The van der Waals surface area contributed by atoms with Crippen LogP contribution in [0, 0.1) is 0 Å². The molecular formula is C10H15N3O3. The second-order valence-electron chi connectivity index (χ2n) is 3.14. The molecule has 0 saturated carbocycles. The molecule has 0 fully saturated rings. The number of amides is 1. The van der Waals surface area contributed by atoms with Gasteiger partial charge in [-0.05, 0) is 13.0 Å². The van der Waals surface area contributed by atoms with Crippen LogP contribution < -0.4 is 10.5 Å². The van der Waals surface area contributed by atoms with Gasteiger partial charge in [0.05, 0.1) is 18.4 Å². The zero-order chi connectivity index (χ0) is 12.0. The summed E-state index contributed by atoms with van der Waals surface area (Å²) in [5, 5.41) is 8.75. The number of hydrogen-bond acceptors (Lipinski definition) is 4. The van der Waals surface area contributed by atoms with Gasteiger partial charge in [-0.1, -0.05) is 0 Å². The Bertz CT molecular complexity index is 340. The molecular weight excluding hydrogens is 210 g/mol. The van der Waals surface area contributed by atoms with Crippen molar-refractivity contribution in [2.75, 3.05) is 25.4 Å². The lowest BCUT2D eigenvalue weighted by molar-refractivity contribution is 0.137. The number of likely N-dealkylation sites (N-methyl/N-ethyl adjacent to an activating group) is 1. The fraction of sp³-hybridized carbons (Fsp3) is 0.400. The molecule has 1 heterocycles. The number of pyridine rings is 1. The number of rotatable bonds is 5. The predicted molar refractivity (Wildman–Crippen MR) is 59.4 cm³/mol. The maximum Gasteiger partial charge on any atom is 0.407 e. The molecule has 1 aromatic heterocycles. The molecule has 16 heavy (non-hydrogen) atoms. The van der Waals surface area contributed by atoms with Crippen molar-refractivity contribution in [3.63, 3.8) is 0 Å². The van der Waals surface area contributed by atoms with Gasteiger partial charge in [-0.2, -0.15) is 0 Å². The van der Waals surface area contributed by atoms with E-state index >= 15 is 0 Å². The van der Waals surface area contributed by atoms with Crippen LogP contribution in [0.25, 0.3) is 0 Å². The summed E-state index contributed by atoms with van der Waals surface area (Å²) in [4.78, 5) is 15.8. The molecule has 0 unspecified atom stereocenters. The van der Waals surface area contributed by atoms with Crippen LogP contribution in [-0.2, 0) is 0 Å². The maximum absolute atomic E-state index is 10.7. The van der Waals surface area contributed by atoms with Gasteiger partial charge in [0.1, 0.15) is 6.61 Å². The Hall–Kier alpha value is -1.98. The Kier molecular flexibility index (Phi) is 4.38. The van der Waals surface area contributed by atoms with Gasteiger partial charge in [0.2, 0.25) is 5.88 Å². The fourth-order valence-electron chi connectivity index (χ4n) is 1.13. The minimum atomic E-state index is -0.948. The number of anilines is 1. The van der Waals surface area contributed by atoms with Crippen molar-refractivity contribution >= 4 is 11.8 Å². The highest BCUT2D eigenvalue weighted by Crippen LogP contribution is 2.08. The number of nitrogens with two attached hydrogens (primary N) is 1. The van der Waals surface area contributed by atoms with E-state index in [9.17, 15) is 4.79 Å². The summed E-state index contributed by atoms with van der Waals surface area (Å²) in [6, 6.07) is 3.32. The quantitative estimate of drug-likeness (QED) is 0.781. The summed E-state index contributed by atoms with van der Waals surface area (Å²) in [7, 11) is 0. The maximum atomic E-state index is 10.7. The molecule has 0 radical (unpaired) electrons. The summed E-state index contributed by atoms with van der Waals surface area (Å²) >= 11 is 0. The van der Waals surface area contributed by atoms with Gasteiger partial charge < -0.3 is 20.5 Å². The van der Waals surface area contributed by atoms with E-state index in [0.29, 0.717) is 24.7 Å². The predicted octanol–water partition coefficient (Wildman–Crippen LogP) is 1.04. The van der Waals surface area contributed by atoms with Crippen LogP contribution in [0.15, 0.2) is 18.3 Å². The van der Waals surface area contributed by atoms with Gasteiger partial charge in [0.25, 0.3) is 0 Å². The monoisotopic (exact) mass is 225 g/mol. The van der Waals surface area contributed by atoms with Crippen molar-refractivity contribution in [2.24, 2.45) is 0 Å². The van der Waals surface area contributed by atoms with Gasteiger partial charge in [-0.3, -0.25) is 0 Å². The van der Waals surface area contributed by atoms with Crippen molar-refractivity contribution < 1.29 is 14.6 Å². The minimum absolute atomic E-state index is 0.275. The second-order valence-corrected chi connectivity index (χ2v) is 3.14. The topological polar surface area (TPSA) is 88.7 Å². The molecule has 0 aliphatic heterocycles. The Morgan fingerprint density at radius 3 is 2.88 bits per heavy atom. The Morgan fingerprint density at radius 2 is 2.38 bits per heavy atom. The molecule has 3 N–H and O–H groups in total. The number of carbonyl (C=O) groups is 1. The third-order valence-electron chi connectivity index (χ3n) is 2.02. The third-order valence-corrected chi connectivity index (χ3v) is 2.02. The molecule has 1 rings (SSSR count). The van der Waals surface area contributed by atoms with Gasteiger partial charge in [0, 0.05) is 12.6 Å². The van der Waals surface area contributed by atoms with E-state index in [4.69, 9.17) is 15.6 Å². The van der Waals surface area contributed by atoms with Gasteiger partial charge >= 0.3 is 6.09 Å². The largest absolute Gasteiger partial charge is 0.476 e. The van der Waals surface area contributed by atoms with Crippen molar-refractivity contribution in [3.8, 4) is 5.88 Å². The molecule has 0 aliphatic rings. The smallest absolute Gasteiger partial charge is 0.407 e. The average Bonchev–Trinajstić information content (AvgIpc) is 2.26. The van der Waals surface area contributed by atoms with Gasteiger partial charge in [-0.15, -0.1) is 0 Å². The first-order valence-electron chi connectivity index (χ1n) is 4.95. The lowest BCUT2D eigenvalue weighted by Gasteiger charge is -2.16. The van der Waals surface area contributed by atoms with Crippen LogP contribution in [0.3, 0.4) is 0 Å². The van der Waals surface area contributed by atoms with Crippen molar-refractivity contribution in [2.45, 2.75) is 6.92 Å². The Balaban J connectivity index is 2.35. The average molecular weight is 225 g/mol. The highest BCUT2D eigenvalue weighted by Gasteiger charge is 2.08. The van der Waals surface area contributed by atoms with E-state index in [1.807, 2.05) is 0 Å². The Morgan fingerprint density at radius 1 is 1.62 bits per heavy atom. The SMILES string of the molecule is CCN(CCOc1ccc(N)cn1)C(=O)O. The molecule has 6 heteroatoms. The molecule has 0 aromatic carbocycles. The second kappa shape index (κ2) is 5.79. The van der Waals surface area contributed by atoms with E-state index in [0.717, 1.165) is 0 Å². The summed E-state index contributed by atoms with van der Waals surface area (Å²) in [6.07, 6.45) is 0.542. The minimum Gasteiger partial charge on any atom is -0.476 e. The number of nitrogen functional groups attached to an aromatic ring is 1. The van der Waals surface area contributed by atoms with E-state index in [-0.39, 0.29) is 6.61 Å². The molecule has 1 amide bonds. The molecule has 0 atom stereocenters. The van der Waals surface area contributed by atoms with E-state index < -0.39 is 6.09 Å². The first kappa shape index (κ1) is 12.1. The molecule has 0 bridgehead atoms. The standard InChI is InChI=1S/C10H15N3O3/c1-2-13(10(14)15)5-6-16-9-4-3-8(11)7-12-9/h3-4,7H,2,5-6,11H2,1H3,(H,14,15). The number of hydrogen-bond donors (Lipinski definition) is 2. The van der Waals surface area contributed by atoms with Crippen LogP contribution in [0.5, 0.6) is 5.88 Å². The normalized spacial score (nSPS) is 9.81. The summed E-state index contributed by atoms with van der Waals surface area (Å²) in [5.74, 6) is 0.440. The highest BCUT2D eigenvalue weighted by molar-refractivity contribution is 5.64. The first-order valence-corrected chi connectivity index (χ1v) is 4.95. The molecule has 6 nitrogen and oxygen atoms in total. The van der Waals surface area contributed by atoms with E-state index in [2.05, 4.69) is 4.98 Å². The molecule has 88 valence electrons. The summed E-state index contributed by atoms with van der Waals surface area (Å²) < 4.78 is 5.27. The zero-order valence-electron chi connectivity index (χ0n) is 9.09.